The van der Waals surface area contributed by atoms with Crippen molar-refractivity contribution in [2.45, 2.75) is 16.7 Å². The summed E-state index contributed by atoms with van der Waals surface area (Å²) in [5.74, 6) is -0.994. The SMILES string of the molecule is COc1c(C)c(SOOO)cc2ccc(N=Nc3c(C(=O)O)[nH]n(-c4ccc(S(=O)(=O)O)cc4)c3=O)cc12. The first-order chi connectivity index (χ1) is 18.0. The fraction of sp³-hybridized carbons (Fsp3) is 0.0909. The molecule has 4 N–H and O–H groups in total. The van der Waals surface area contributed by atoms with Gasteiger partial charge in [0.25, 0.3) is 15.7 Å². The number of fused-ring (bicyclic) bond motifs is 1. The lowest BCUT2D eigenvalue weighted by atomic mass is 10.1. The molecule has 0 aliphatic rings. The summed E-state index contributed by atoms with van der Waals surface area (Å²) in [5.41, 5.74) is -0.828. The van der Waals surface area contributed by atoms with E-state index < -0.39 is 37.9 Å². The van der Waals surface area contributed by atoms with E-state index in [0.29, 0.717) is 21.6 Å². The number of carbonyl (C=O) groups is 1. The monoisotopic (exact) mass is 562 g/mol. The largest absolute Gasteiger partial charge is 0.496 e. The Morgan fingerprint density at radius 2 is 1.82 bits per heavy atom. The van der Waals surface area contributed by atoms with E-state index in [1.54, 1.807) is 31.2 Å². The maximum atomic E-state index is 13.0. The van der Waals surface area contributed by atoms with Crippen LogP contribution in [0.15, 0.2) is 73.3 Å². The molecule has 0 fully saturated rings. The number of hydrogen-bond donors (Lipinski definition) is 4. The number of carboxylic acid groups (broad SMARTS) is 1. The summed E-state index contributed by atoms with van der Waals surface area (Å²) in [6.07, 6.45) is 0. The molecule has 0 radical (unpaired) electrons. The first-order valence-electron chi connectivity index (χ1n) is 10.4. The first kappa shape index (κ1) is 27.0. The van der Waals surface area contributed by atoms with Gasteiger partial charge in [0.2, 0.25) is 0 Å². The Bertz CT molecular complexity index is 1730. The number of H-pyrrole nitrogens is 1. The zero-order chi connectivity index (χ0) is 27.6. The number of azo groups is 1. The molecule has 0 saturated heterocycles. The summed E-state index contributed by atoms with van der Waals surface area (Å²) in [7, 11) is -2.98. The molecular weight excluding hydrogens is 544 g/mol. The summed E-state index contributed by atoms with van der Waals surface area (Å²) in [6.45, 7) is 1.76. The summed E-state index contributed by atoms with van der Waals surface area (Å²) >= 11 is 0.779. The van der Waals surface area contributed by atoms with Gasteiger partial charge >= 0.3 is 5.97 Å². The molecule has 3 aromatic carbocycles. The van der Waals surface area contributed by atoms with Crippen molar-refractivity contribution in [3.8, 4) is 11.4 Å². The molecule has 0 aliphatic heterocycles. The minimum Gasteiger partial charge on any atom is -0.496 e. The van der Waals surface area contributed by atoms with Crippen molar-refractivity contribution in [1.82, 2.24) is 9.78 Å². The van der Waals surface area contributed by atoms with Crippen LogP contribution in [0.2, 0.25) is 0 Å². The number of methoxy groups -OCH3 is 1. The molecule has 0 aliphatic carbocycles. The van der Waals surface area contributed by atoms with E-state index in [9.17, 15) is 23.1 Å². The van der Waals surface area contributed by atoms with Crippen LogP contribution in [0, 0.1) is 6.92 Å². The number of benzene rings is 3. The second-order valence-corrected chi connectivity index (χ2v) is 9.78. The standard InChI is InChI=1S/C22H18N4O10S2/c1-11-17(37-36-35-30)9-12-3-4-13(10-16(12)20(11)34-2)23-24-18-19(22(28)29)25-26(21(18)27)14-5-7-15(8-6-14)38(31,32)33/h3-10,25,30H,1-2H3,(H,28,29)(H,31,32,33). The Balaban J connectivity index is 1.75. The van der Waals surface area contributed by atoms with Crippen molar-refractivity contribution < 1.29 is 42.2 Å². The van der Waals surface area contributed by atoms with Crippen molar-refractivity contribution in [2.24, 2.45) is 10.2 Å². The maximum absolute atomic E-state index is 13.0. The molecule has 0 bridgehead atoms. The maximum Gasteiger partial charge on any atom is 0.356 e. The minimum absolute atomic E-state index is 0.0986. The molecule has 0 spiro atoms. The number of rotatable bonds is 9. The molecular formula is C22H18N4O10S2. The van der Waals surface area contributed by atoms with Gasteiger partial charge in [0.1, 0.15) is 5.75 Å². The predicted molar refractivity (Wildman–Crippen MR) is 133 cm³/mol. The molecule has 4 rings (SSSR count). The molecule has 16 heteroatoms. The summed E-state index contributed by atoms with van der Waals surface area (Å²) in [4.78, 5) is 24.9. The third kappa shape index (κ3) is 5.30. The van der Waals surface area contributed by atoms with Crippen LogP contribution in [-0.4, -0.2) is 46.2 Å². The van der Waals surface area contributed by atoms with Gasteiger partial charge < -0.3 is 9.84 Å². The van der Waals surface area contributed by atoms with Gasteiger partial charge in [-0.25, -0.2) is 14.7 Å². The summed E-state index contributed by atoms with van der Waals surface area (Å²) in [5, 5.41) is 33.4. The normalized spacial score (nSPS) is 11.9. The van der Waals surface area contributed by atoms with E-state index in [0.717, 1.165) is 34.2 Å². The average molecular weight is 563 g/mol. The van der Waals surface area contributed by atoms with Gasteiger partial charge in [-0.3, -0.25) is 14.4 Å². The molecule has 1 heterocycles. The fourth-order valence-electron chi connectivity index (χ4n) is 3.62. The molecule has 4 aromatic rings. The fourth-order valence-corrected chi connectivity index (χ4v) is 4.60. The lowest BCUT2D eigenvalue weighted by molar-refractivity contribution is -0.432. The minimum atomic E-state index is -4.45. The van der Waals surface area contributed by atoms with Crippen LogP contribution in [-0.2, 0) is 19.5 Å². The third-order valence-electron chi connectivity index (χ3n) is 5.37. The van der Waals surface area contributed by atoms with Gasteiger partial charge in [-0.05, 0) is 54.8 Å². The zero-order valence-electron chi connectivity index (χ0n) is 19.5. The van der Waals surface area contributed by atoms with Gasteiger partial charge in [0.05, 0.1) is 35.4 Å². The molecule has 198 valence electrons. The van der Waals surface area contributed by atoms with Crippen molar-refractivity contribution in [2.75, 3.05) is 7.11 Å². The third-order valence-corrected chi connectivity index (χ3v) is 6.98. The molecule has 0 saturated carbocycles. The summed E-state index contributed by atoms with van der Waals surface area (Å²) in [6, 6.07) is 11.2. The highest BCUT2D eigenvalue weighted by atomic mass is 32.2. The number of nitrogens with one attached hydrogen (secondary N) is 1. The highest BCUT2D eigenvalue weighted by molar-refractivity contribution is 7.94. The van der Waals surface area contributed by atoms with E-state index in [1.807, 2.05) is 0 Å². The number of hydrogen-bond acceptors (Lipinski definition) is 11. The van der Waals surface area contributed by atoms with E-state index in [1.165, 1.54) is 19.2 Å². The molecule has 14 nitrogen and oxygen atoms in total. The second-order valence-electron chi connectivity index (χ2n) is 7.61. The Morgan fingerprint density at radius 3 is 2.42 bits per heavy atom. The van der Waals surface area contributed by atoms with Crippen molar-refractivity contribution in [3.63, 3.8) is 0 Å². The van der Waals surface area contributed by atoms with Crippen LogP contribution < -0.4 is 10.3 Å². The number of nitrogens with zero attached hydrogens (tertiary/aromatic N) is 3. The van der Waals surface area contributed by atoms with E-state index >= 15 is 0 Å². The molecule has 0 amide bonds. The topological polar surface area (TPSA) is 202 Å². The average Bonchev–Trinajstić information content (AvgIpc) is 3.22. The Labute approximate surface area is 217 Å². The van der Waals surface area contributed by atoms with E-state index in [2.05, 4.69) is 24.7 Å². The number of aromatic amines is 1. The Kier molecular flexibility index (Phi) is 7.63. The highest BCUT2D eigenvalue weighted by Crippen LogP contribution is 2.39. The van der Waals surface area contributed by atoms with Crippen LogP contribution in [0.4, 0.5) is 11.4 Å². The van der Waals surface area contributed by atoms with Crippen LogP contribution >= 0.6 is 12.0 Å². The Morgan fingerprint density at radius 1 is 1.11 bits per heavy atom. The van der Waals surface area contributed by atoms with Gasteiger partial charge in [0.15, 0.2) is 11.4 Å². The van der Waals surface area contributed by atoms with Crippen LogP contribution in [0.25, 0.3) is 16.5 Å². The highest BCUT2D eigenvalue weighted by Gasteiger charge is 2.21. The van der Waals surface area contributed by atoms with E-state index in [4.69, 9.17) is 14.5 Å². The van der Waals surface area contributed by atoms with Crippen molar-refractivity contribution in [3.05, 3.63) is 70.1 Å². The smallest absolute Gasteiger partial charge is 0.356 e. The van der Waals surface area contributed by atoms with Gasteiger partial charge in [0, 0.05) is 15.8 Å². The number of carboxylic acids is 1. The first-order valence-corrected chi connectivity index (χ1v) is 12.6. The number of aromatic nitrogens is 2. The van der Waals surface area contributed by atoms with E-state index in [-0.39, 0.29) is 11.4 Å². The summed E-state index contributed by atoms with van der Waals surface area (Å²) < 4.78 is 42.5. The Hall–Kier alpha value is -4.06. The lowest BCUT2D eigenvalue weighted by Crippen LogP contribution is -2.14. The zero-order valence-corrected chi connectivity index (χ0v) is 21.1. The number of ether oxygens (including phenoxy) is 1. The lowest BCUT2D eigenvalue weighted by Gasteiger charge is -2.13. The van der Waals surface area contributed by atoms with Crippen molar-refractivity contribution in [1.29, 1.82) is 0 Å². The molecule has 1 aromatic heterocycles. The molecule has 0 unspecified atom stereocenters. The van der Waals surface area contributed by atoms with Gasteiger partial charge in [-0.1, -0.05) is 11.1 Å². The quantitative estimate of drug-likeness (QED) is 0.0739. The second kappa shape index (κ2) is 10.7. The van der Waals surface area contributed by atoms with Crippen molar-refractivity contribution >= 4 is 50.3 Å². The van der Waals surface area contributed by atoms with Crippen LogP contribution in [0.5, 0.6) is 5.75 Å². The van der Waals surface area contributed by atoms with Gasteiger partial charge in [-0.2, -0.15) is 13.5 Å². The van der Waals surface area contributed by atoms with Gasteiger partial charge in [-0.15, -0.1) is 9.45 Å². The van der Waals surface area contributed by atoms with Crippen LogP contribution in [0.3, 0.4) is 0 Å². The molecule has 38 heavy (non-hydrogen) atoms. The molecule has 0 atom stereocenters. The number of aromatic carboxylic acids is 1. The predicted octanol–water partition coefficient (Wildman–Crippen LogP) is 4.42. The van der Waals surface area contributed by atoms with Crippen LogP contribution in [0.1, 0.15) is 16.1 Å².